The van der Waals surface area contributed by atoms with Gasteiger partial charge in [-0.3, -0.25) is 4.79 Å². The van der Waals surface area contributed by atoms with Crippen LogP contribution in [-0.4, -0.2) is 56.3 Å². The van der Waals surface area contributed by atoms with Crippen LogP contribution < -0.4 is 4.74 Å². The fourth-order valence-corrected chi connectivity index (χ4v) is 4.71. The highest BCUT2D eigenvalue weighted by Gasteiger charge is 2.33. The number of carbonyl (C=O) groups is 1. The van der Waals surface area contributed by atoms with Crippen molar-refractivity contribution in [3.8, 4) is 5.75 Å². The van der Waals surface area contributed by atoms with Crippen LogP contribution in [0.5, 0.6) is 5.75 Å². The van der Waals surface area contributed by atoms with Crippen molar-refractivity contribution < 1.29 is 31.1 Å². The number of para-hydroxylation sites is 1. The van der Waals surface area contributed by atoms with Crippen molar-refractivity contribution in [1.82, 2.24) is 9.21 Å². The van der Waals surface area contributed by atoms with E-state index in [1.54, 1.807) is 12.1 Å². The Morgan fingerprint density at radius 3 is 2.25 bits per heavy atom. The molecule has 1 saturated heterocycles. The van der Waals surface area contributed by atoms with Crippen molar-refractivity contribution in [2.24, 2.45) is 0 Å². The molecule has 1 heterocycles. The van der Waals surface area contributed by atoms with Gasteiger partial charge in [0.15, 0.2) is 0 Å². The van der Waals surface area contributed by atoms with Crippen LogP contribution in [-0.2, 0) is 21.0 Å². The van der Waals surface area contributed by atoms with E-state index in [1.807, 2.05) is 25.1 Å². The van der Waals surface area contributed by atoms with Crippen LogP contribution in [0.1, 0.15) is 18.1 Å². The van der Waals surface area contributed by atoms with Gasteiger partial charge in [0.05, 0.1) is 17.1 Å². The molecule has 0 radical (unpaired) electrons. The fraction of sp³-hybridized carbons (Fsp3) is 0.318. The van der Waals surface area contributed by atoms with Crippen molar-refractivity contribution in [3.63, 3.8) is 0 Å². The summed E-state index contributed by atoms with van der Waals surface area (Å²) in [7, 11) is -3.95. The summed E-state index contributed by atoms with van der Waals surface area (Å²) in [4.78, 5) is 13.8. The lowest BCUT2D eigenvalue weighted by Gasteiger charge is -2.33. The Labute approximate surface area is 184 Å². The van der Waals surface area contributed by atoms with Crippen LogP contribution in [0.4, 0.5) is 13.2 Å². The van der Waals surface area contributed by atoms with Gasteiger partial charge >= 0.3 is 6.18 Å². The van der Waals surface area contributed by atoms with Crippen molar-refractivity contribution in [2.45, 2.75) is 18.0 Å². The van der Waals surface area contributed by atoms with Crippen molar-refractivity contribution in [3.05, 3.63) is 65.7 Å². The molecular formula is C22H23F3N2O4S. The molecule has 10 heteroatoms. The van der Waals surface area contributed by atoms with Gasteiger partial charge in [0.2, 0.25) is 15.9 Å². The van der Waals surface area contributed by atoms with Crippen LogP contribution in [0.3, 0.4) is 0 Å². The molecule has 0 bridgehead atoms. The van der Waals surface area contributed by atoms with E-state index >= 15 is 0 Å². The smallest absolute Gasteiger partial charge is 0.416 e. The third-order valence-electron chi connectivity index (χ3n) is 4.99. The molecule has 3 rings (SSSR count). The molecule has 0 unspecified atom stereocenters. The van der Waals surface area contributed by atoms with Gasteiger partial charge in [-0.25, -0.2) is 8.42 Å². The van der Waals surface area contributed by atoms with E-state index in [4.69, 9.17) is 4.74 Å². The van der Waals surface area contributed by atoms with E-state index < -0.39 is 21.8 Å². The summed E-state index contributed by atoms with van der Waals surface area (Å²) in [6.45, 7) is 2.82. The molecule has 2 aromatic carbocycles. The first-order chi connectivity index (χ1) is 15.1. The predicted octanol–water partition coefficient (Wildman–Crippen LogP) is 3.65. The lowest BCUT2D eigenvalue weighted by atomic mass is 10.2. The van der Waals surface area contributed by atoms with Crippen LogP contribution in [0.15, 0.2) is 59.5 Å². The van der Waals surface area contributed by atoms with Gasteiger partial charge in [0, 0.05) is 37.8 Å². The molecule has 0 N–H and O–H groups in total. The maximum atomic E-state index is 12.7. The fourth-order valence-electron chi connectivity index (χ4n) is 3.29. The zero-order chi connectivity index (χ0) is 23.4. The van der Waals surface area contributed by atoms with Gasteiger partial charge in [-0.15, -0.1) is 0 Å². The number of hydrogen-bond acceptors (Lipinski definition) is 4. The van der Waals surface area contributed by atoms with Gasteiger partial charge in [-0.2, -0.15) is 17.5 Å². The Morgan fingerprint density at radius 1 is 1.03 bits per heavy atom. The number of rotatable bonds is 6. The van der Waals surface area contributed by atoms with Gasteiger partial charge in [-0.05, 0) is 43.3 Å². The maximum Gasteiger partial charge on any atom is 0.416 e. The standard InChI is InChI=1S/C22H23F3N2O4S/c1-2-31-20-6-4-3-5-17(20)7-12-21(28)26-13-15-27(16-14-26)32(29,30)19-10-8-18(9-11-19)22(23,24)25/h3-12H,2,13-16H2,1H3/b12-7+. The minimum atomic E-state index is -4.54. The van der Waals surface area contributed by atoms with E-state index in [0.29, 0.717) is 12.4 Å². The summed E-state index contributed by atoms with van der Waals surface area (Å²) in [6, 6.07) is 10.7. The zero-order valence-electron chi connectivity index (χ0n) is 17.4. The van der Waals surface area contributed by atoms with E-state index in [9.17, 15) is 26.4 Å². The highest BCUT2D eigenvalue weighted by molar-refractivity contribution is 7.89. The largest absolute Gasteiger partial charge is 0.493 e. The predicted molar refractivity (Wildman–Crippen MR) is 113 cm³/mol. The number of alkyl halides is 3. The number of piperazine rings is 1. The van der Waals surface area contributed by atoms with Crippen molar-refractivity contribution in [2.75, 3.05) is 32.8 Å². The van der Waals surface area contributed by atoms with Crippen molar-refractivity contribution >= 4 is 22.0 Å². The Morgan fingerprint density at radius 2 is 1.66 bits per heavy atom. The zero-order valence-corrected chi connectivity index (χ0v) is 18.2. The monoisotopic (exact) mass is 468 g/mol. The molecule has 1 amide bonds. The normalized spacial score (nSPS) is 15.8. The molecule has 1 aliphatic rings. The molecule has 6 nitrogen and oxygen atoms in total. The molecule has 1 fully saturated rings. The third-order valence-corrected chi connectivity index (χ3v) is 6.91. The summed E-state index contributed by atoms with van der Waals surface area (Å²) in [5, 5.41) is 0. The first-order valence-electron chi connectivity index (χ1n) is 9.99. The highest BCUT2D eigenvalue weighted by atomic mass is 32.2. The summed E-state index contributed by atoms with van der Waals surface area (Å²) in [5.41, 5.74) is -0.157. The SMILES string of the molecule is CCOc1ccccc1/C=C/C(=O)N1CCN(S(=O)(=O)c2ccc(C(F)(F)F)cc2)CC1. The second kappa shape index (κ2) is 9.74. The Kier molecular flexibility index (Phi) is 7.25. The van der Waals surface area contributed by atoms with Crippen LogP contribution in [0.25, 0.3) is 6.08 Å². The number of ether oxygens (including phenoxy) is 1. The first-order valence-corrected chi connectivity index (χ1v) is 11.4. The molecule has 0 atom stereocenters. The minimum absolute atomic E-state index is 0.0540. The number of benzene rings is 2. The lowest BCUT2D eigenvalue weighted by molar-refractivity contribution is -0.137. The first kappa shape index (κ1) is 23.8. The summed E-state index contributed by atoms with van der Waals surface area (Å²) in [5.74, 6) is 0.398. The number of hydrogen-bond donors (Lipinski definition) is 0. The molecule has 0 aliphatic carbocycles. The minimum Gasteiger partial charge on any atom is -0.493 e. The van der Waals surface area contributed by atoms with Crippen molar-refractivity contribution in [1.29, 1.82) is 0 Å². The highest BCUT2D eigenvalue weighted by Crippen LogP contribution is 2.30. The quantitative estimate of drug-likeness (QED) is 0.607. The summed E-state index contributed by atoms with van der Waals surface area (Å²) in [6.07, 6.45) is -1.47. The van der Waals surface area contributed by atoms with Gasteiger partial charge in [0.25, 0.3) is 0 Å². The second-order valence-corrected chi connectivity index (χ2v) is 8.99. The Hall–Kier alpha value is -2.85. The van der Waals surface area contributed by atoms with E-state index in [0.717, 1.165) is 29.8 Å². The molecule has 0 spiro atoms. The van der Waals surface area contributed by atoms with E-state index in [2.05, 4.69) is 0 Å². The molecule has 172 valence electrons. The van der Waals surface area contributed by atoms with Gasteiger partial charge in [0.1, 0.15) is 5.75 Å². The van der Waals surface area contributed by atoms with Crippen LogP contribution in [0.2, 0.25) is 0 Å². The number of carbonyl (C=O) groups excluding carboxylic acids is 1. The molecule has 1 aliphatic heterocycles. The van der Waals surface area contributed by atoms with Crippen LogP contribution >= 0.6 is 0 Å². The summed E-state index contributed by atoms with van der Waals surface area (Å²) < 4.78 is 70.3. The number of sulfonamides is 1. The lowest BCUT2D eigenvalue weighted by Crippen LogP contribution is -2.50. The Balaban J connectivity index is 1.62. The average Bonchev–Trinajstić information content (AvgIpc) is 2.78. The Bertz CT molecular complexity index is 1080. The number of amides is 1. The average molecular weight is 468 g/mol. The number of nitrogens with zero attached hydrogens (tertiary/aromatic N) is 2. The van der Waals surface area contributed by atoms with Gasteiger partial charge < -0.3 is 9.64 Å². The third kappa shape index (κ3) is 5.49. The summed E-state index contributed by atoms with van der Waals surface area (Å²) >= 11 is 0. The topological polar surface area (TPSA) is 66.9 Å². The molecular weight excluding hydrogens is 445 g/mol. The maximum absolute atomic E-state index is 12.7. The molecule has 32 heavy (non-hydrogen) atoms. The molecule has 0 aromatic heterocycles. The van der Waals surface area contributed by atoms with Crippen LogP contribution in [0, 0.1) is 0 Å². The molecule has 2 aromatic rings. The number of halogens is 3. The molecule has 0 saturated carbocycles. The second-order valence-electron chi connectivity index (χ2n) is 7.06. The van der Waals surface area contributed by atoms with E-state index in [-0.39, 0.29) is 37.0 Å². The van der Waals surface area contributed by atoms with E-state index in [1.165, 1.54) is 15.3 Å². The van der Waals surface area contributed by atoms with Gasteiger partial charge in [-0.1, -0.05) is 18.2 Å².